The van der Waals surface area contributed by atoms with Gasteiger partial charge < -0.3 is 21.7 Å². The Morgan fingerprint density at radius 3 is 1.82 bits per heavy atom. The topological polar surface area (TPSA) is 127 Å². The number of carboxylic acid groups (broad SMARTS) is 2. The van der Waals surface area contributed by atoms with E-state index in [0.717, 1.165) is 21.5 Å². The van der Waals surface area contributed by atoms with Crippen molar-refractivity contribution < 1.29 is 19.8 Å². The maximum atomic E-state index is 10.8. The summed E-state index contributed by atoms with van der Waals surface area (Å²) in [4.78, 5) is 21.5. The molecule has 0 unspecified atom stereocenters. The van der Waals surface area contributed by atoms with Gasteiger partial charge in [-0.3, -0.25) is 0 Å². The van der Waals surface area contributed by atoms with Crippen LogP contribution in [-0.4, -0.2) is 22.2 Å². The summed E-state index contributed by atoms with van der Waals surface area (Å²) >= 11 is 0. The Hall–Kier alpha value is -4.06. The van der Waals surface area contributed by atoms with Gasteiger partial charge in [-0.15, -0.1) is 0 Å². The van der Waals surface area contributed by atoms with Crippen molar-refractivity contribution >= 4 is 44.9 Å². The van der Waals surface area contributed by atoms with E-state index < -0.39 is 11.9 Å². The number of anilines is 2. The van der Waals surface area contributed by atoms with Crippen LogP contribution in [0.25, 0.3) is 21.5 Å². The van der Waals surface area contributed by atoms with E-state index >= 15 is 0 Å². The summed E-state index contributed by atoms with van der Waals surface area (Å²) in [6.07, 6.45) is 0. The molecule has 6 nitrogen and oxygen atoms in total. The fraction of sp³-hybridized carbons (Fsp3) is 0. The second kappa shape index (κ2) is 7.67. The normalized spacial score (nSPS) is 10.3. The van der Waals surface area contributed by atoms with E-state index in [-0.39, 0.29) is 11.1 Å². The number of nitrogens with two attached hydrogens (primary N) is 2. The predicted octanol–water partition coefficient (Wildman–Crippen LogP) is 4.24. The molecule has 6 heteroatoms. The lowest BCUT2D eigenvalue weighted by Crippen LogP contribution is -2.01. The first-order chi connectivity index (χ1) is 13.4. The highest BCUT2D eigenvalue weighted by Gasteiger charge is 2.08. The molecule has 140 valence electrons. The highest BCUT2D eigenvalue weighted by Crippen LogP contribution is 2.23. The first kappa shape index (κ1) is 18.7. The minimum Gasteiger partial charge on any atom is -0.478 e. The third kappa shape index (κ3) is 3.86. The predicted molar refractivity (Wildman–Crippen MR) is 111 cm³/mol. The Morgan fingerprint density at radius 1 is 0.643 bits per heavy atom. The molecular formula is C22H18N2O4. The van der Waals surface area contributed by atoms with Gasteiger partial charge in [0.25, 0.3) is 0 Å². The highest BCUT2D eigenvalue weighted by atomic mass is 16.4. The van der Waals surface area contributed by atoms with Gasteiger partial charge in [0.1, 0.15) is 0 Å². The monoisotopic (exact) mass is 374 g/mol. The van der Waals surface area contributed by atoms with Gasteiger partial charge >= 0.3 is 11.9 Å². The maximum absolute atomic E-state index is 10.8. The van der Waals surface area contributed by atoms with Crippen LogP contribution in [0.5, 0.6) is 0 Å². The van der Waals surface area contributed by atoms with Crippen molar-refractivity contribution in [3.63, 3.8) is 0 Å². The summed E-state index contributed by atoms with van der Waals surface area (Å²) in [6, 6.07) is 21.3. The van der Waals surface area contributed by atoms with Gasteiger partial charge in [-0.25, -0.2) is 9.59 Å². The number of carboxylic acids is 2. The van der Waals surface area contributed by atoms with Crippen LogP contribution < -0.4 is 11.5 Å². The van der Waals surface area contributed by atoms with Crippen LogP contribution in [0.4, 0.5) is 11.4 Å². The summed E-state index contributed by atoms with van der Waals surface area (Å²) in [5.41, 5.74) is 12.5. The fourth-order valence-electron chi connectivity index (χ4n) is 2.91. The highest BCUT2D eigenvalue weighted by molar-refractivity contribution is 6.01. The minimum atomic E-state index is -0.992. The average Bonchev–Trinajstić information content (AvgIpc) is 2.67. The third-order valence-corrected chi connectivity index (χ3v) is 4.29. The van der Waals surface area contributed by atoms with Crippen molar-refractivity contribution in [2.75, 3.05) is 11.5 Å². The Morgan fingerprint density at radius 2 is 1.21 bits per heavy atom. The molecule has 0 fully saturated rings. The van der Waals surface area contributed by atoms with Gasteiger partial charge in [-0.2, -0.15) is 0 Å². The lowest BCUT2D eigenvalue weighted by Gasteiger charge is -2.03. The first-order valence-corrected chi connectivity index (χ1v) is 8.40. The lowest BCUT2D eigenvalue weighted by molar-refractivity contribution is 0.0687. The minimum absolute atomic E-state index is 0.156. The number of aromatic carboxylic acids is 2. The number of rotatable bonds is 2. The number of fused-ring (bicyclic) bond motifs is 2. The molecule has 0 aliphatic carbocycles. The summed E-state index contributed by atoms with van der Waals surface area (Å²) < 4.78 is 0. The van der Waals surface area contributed by atoms with E-state index in [1.807, 2.05) is 48.5 Å². The molecule has 4 aromatic carbocycles. The molecule has 0 saturated carbocycles. The smallest absolute Gasteiger partial charge is 0.337 e. The van der Waals surface area contributed by atoms with E-state index in [0.29, 0.717) is 11.4 Å². The molecule has 0 saturated heterocycles. The van der Waals surface area contributed by atoms with E-state index in [9.17, 15) is 9.59 Å². The second-order valence-electron chi connectivity index (χ2n) is 6.18. The fourth-order valence-corrected chi connectivity index (χ4v) is 2.91. The molecule has 0 radical (unpaired) electrons. The zero-order valence-electron chi connectivity index (χ0n) is 14.8. The van der Waals surface area contributed by atoms with Gasteiger partial charge in [0.15, 0.2) is 0 Å². The van der Waals surface area contributed by atoms with Crippen molar-refractivity contribution in [3.8, 4) is 0 Å². The number of carbonyl (C=O) groups is 2. The van der Waals surface area contributed by atoms with Gasteiger partial charge in [-0.05, 0) is 40.4 Å². The Labute approximate surface area is 160 Å². The standard InChI is InChI=1S/2C11H9NO2/c12-10-6-8(11(13)14)5-7-3-1-2-4-9(7)10;12-10-6-8-4-2-1-3-7(8)5-9(10)11(13)14/h2*1-6H,12H2,(H,13,14). The van der Waals surface area contributed by atoms with Crippen LogP contribution in [0.3, 0.4) is 0 Å². The second-order valence-corrected chi connectivity index (χ2v) is 6.18. The lowest BCUT2D eigenvalue weighted by atomic mass is 10.1. The molecule has 0 aromatic heterocycles. The molecule has 0 atom stereocenters. The molecule has 28 heavy (non-hydrogen) atoms. The largest absolute Gasteiger partial charge is 0.478 e. The first-order valence-electron chi connectivity index (χ1n) is 8.40. The molecule has 0 aliphatic rings. The summed E-state index contributed by atoms with van der Waals surface area (Å²) in [7, 11) is 0. The van der Waals surface area contributed by atoms with Crippen LogP contribution in [-0.2, 0) is 0 Å². The van der Waals surface area contributed by atoms with E-state index in [2.05, 4.69) is 0 Å². The van der Waals surface area contributed by atoms with Crippen LogP contribution >= 0.6 is 0 Å². The Bertz CT molecular complexity index is 1200. The van der Waals surface area contributed by atoms with Crippen molar-refractivity contribution in [2.24, 2.45) is 0 Å². The Kier molecular flexibility index (Phi) is 5.13. The van der Waals surface area contributed by atoms with Crippen LogP contribution in [0.2, 0.25) is 0 Å². The number of nitrogen functional groups attached to an aromatic ring is 2. The van der Waals surface area contributed by atoms with Crippen LogP contribution in [0.15, 0.2) is 72.8 Å². The van der Waals surface area contributed by atoms with Gasteiger partial charge in [0.2, 0.25) is 0 Å². The van der Waals surface area contributed by atoms with Crippen LogP contribution in [0.1, 0.15) is 20.7 Å². The van der Waals surface area contributed by atoms with Gasteiger partial charge in [0, 0.05) is 16.8 Å². The molecule has 4 rings (SSSR count). The van der Waals surface area contributed by atoms with Crippen molar-refractivity contribution in [1.82, 2.24) is 0 Å². The van der Waals surface area contributed by atoms with E-state index in [1.54, 1.807) is 18.2 Å². The zero-order chi connectivity index (χ0) is 20.3. The van der Waals surface area contributed by atoms with Crippen LogP contribution in [0, 0.1) is 0 Å². The summed E-state index contributed by atoms with van der Waals surface area (Å²) in [6.45, 7) is 0. The summed E-state index contributed by atoms with van der Waals surface area (Å²) in [5, 5.41) is 21.2. The summed E-state index contributed by atoms with van der Waals surface area (Å²) in [5.74, 6) is -1.95. The van der Waals surface area contributed by atoms with E-state index in [1.165, 1.54) is 6.07 Å². The third-order valence-electron chi connectivity index (χ3n) is 4.29. The molecule has 0 heterocycles. The maximum Gasteiger partial charge on any atom is 0.337 e. The average molecular weight is 374 g/mol. The number of hydrogen-bond acceptors (Lipinski definition) is 4. The van der Waals surface area contributed by atoms with Crippen molar-refractivity contribution in [1.29, 1.82) is 0 Å². The number of benzene rings is 4. The molecule has 0 amide bonds. The van der Waals surface area contributed by atoms with Gasteiger partial charge in [-0.1, -0.05) is 48.5 Å². The van der Waals surface area contributed by atoms with E-state index in [4.69, 9.17) is 21.7 Å². The quantitative estimate of drug-likeness (QED) is 0.389. The molecule has 0 spiro atoms. The molecule has 4 aromatic rings. The SMILES string of the molecule is Nc1cc(C(=O)O)cc2ccccc12.Nc1cc2ccccc2cc1C(=O)O. The number of hydrogen-bond donors (Lipinski definition) is 4. The van der Waals surface area contributed by atoms with Crippen molar-refractivity contribution in [2.45, 2.75) is 0 Å². The zero-order valence-corrected chi connectivity index (χ0v) is 14.8. The molecule has 0 bridgehead atoms. The Balaban J connectivity index is 0.000000161. The molecule has 6 N–H and O–H groups in total. The molecule has 0 aliphatic heterocycles. The molecular weight excluding hydrogens is 356 g/mol. The van der Waals surface area contributed by atoms with Crippen molar-refractivity contribution in [3.05, 3.63) is 83.9 Å². The van der Waals surface area contributed by atoms with Gasteiger partial charge in [0.05, 0.1) is 11.1 Å².